The fourth-order valence-corrected chi connectivity index (χ4v) is 1.25. The van der Waals surface area contributed by atoms with Crippen LogP contribution in [-0.4, -0.2) is 25.5 Å². The maximum absolute atomic E-state index is 11.5. The predicted molar refractivity (Wildman–Crippen MR) is 55.7 cm³/mol. The number of ketones is 1. The SMILES string of the molecule is NCCOCC(=O)c1ccccc1Cl. The summed E-state index contributed by atoms with van der Waals surface area (Å²) in [6.07, 6.45) is 0. The molecule has 0 amide bonds. The Kier molecular flexibility index (Phi) is 4.59. The molecule has 0 unspecified atom stereocenters. The Labute approximate surface area is 87.8 Å². The van der Waals surface area contributed by atoms with Crippen molar-refractivity contribution in [3.8, 4) is 0 Å². The first-order valence-electron chi connectivity index (χ1n) is 4.31. The van der Waals surface area contributed by atoms with Gasteiger partial charge in [0.05, 0.1) is 11.6 Å². The van der Waals surface area contributed by atoms with Crippen LogP contribution in [0.5, 0.6) is 0 Å². The molecular weight excluding hydrogens is 202 g/mol. The molecule has 76 valence electrons. The summed E-state index contributed by atoms with van der Waals surface area (Å²) >= 11 is 5.83. The molecule has 0 bridgehead atoms. The van der Waals surface area contributed by atoms with E-state index in [1.54, 1.807) is 24.3 Å². The fraction of sp³-hybridized carbons (Fsp3) is 0.300. The molecule has 0 aliphatic rings. The molecule has 0 aliphatic carbocycles. The summed E-state index contributed by atoms with van der Waals surface area (Å²) in [5.41, 5.74) is 5.71. The Morgan fingerprint density at radius 1 is 1.43 bits per heavy atom. The Morgan fingerprint density at radius 2 is 2.14 bits per heavy atom. The summed E-state index contributed by atoms with van der Waals surface area (Å²) in [6.45, 7) is 0.826. The van der Waals surface area contributed by atoms with Gasteiger partial charge in [-0.1, -0.05) is 23.7 Å². The van der Waals surface area contributed by atoms with E-state index in [1.165, 1.54) is 0 Å². The van der Waals surface area contributed by atoms with Gasteiger partial charge in [0.1, 0.15) is 6.61 Å². The largest absolute Gasteiger partial charge is 0.372 e. The number of hydrogen-bond donors (Lipinski definition) is 1. The van der Waals surface area contributed by atoms with Crippen LogP contribution < -0.4 is 5.73 Å². The summed E-state index contributed by atoms with van der Waals surface area (Å²) in [5.74, 6) is -0.121. The van der Waals surface area contributed by atoms with Gasteiger partial charge < -0.3 is 10.5 Å². The predicted octanol–water partition coefficient (Wildman–Crippen LogP) is 1.50. The second-order valence-electron chi connectivity index (χ2n) is 2.74. The maximum atomic E-state index is 11.5. The molecule has 0 saturated heterocycles. The van der Waals surface area contributed by atoms with Gasteiger partial charge in [0.2, 0.25) is 0 Å². The number of Topliss-reactive ketones (excluding diaryl/α,β-unsaturated/α-hetero) is 1. The highest BCUT2D eigenvalue weighted by Gasteiger charge is 2.08. The number of rotatable bonds is 5. The van der Waals surface area contributed by atoms with Crippen LogP contribution in [0.3, 0.4) is 0 Å². The van der Waals surface area contributed by atoms with E-state index >= 15 is 0 Å². The van der Waals surface area contributed by atoms with Crippen molar-refractivity contribution in [1.29, 1.82) is 0 Å². The molecule has 0 aliphatic heterocycles. The van der Waals surface area contributed by atoms with Crippen LogP contribution >= 0.6 is 11.6 Å². The molecule has 0 aromatic heterocycles. The standard InChI is InChI=1S/C10H12ClNO2/c11-9-4-2-1-3-8(9)10(13)7-14-6-5-12/h1-4H,5-7,12H2. The van der Waals surface area contributed by atoms with E-state index in [0.29, 0.717) is 23.7 Å². The topological polar surface area (TPSA) is 52.3 Å². The second kappa shape index (κ2) is 5.75. The summed E-state index contributed by atoms with van der Waals surface area (Å²) in [6, 6.07) is 6.90. The fourth-order valence-electron chi connectivity index (χ4n) is 1.01. The molecule has 1 rings (SSSR count). The minimum absolute atomic E-state index is 0.0287. The Bertz CT molecular complexity index is 315. The highest BCUT2D eigenvalue weighted by Crippen LogP contribution is 2.15. The molecule has 2 N–H and O–H groups in total. The number of hydrogen-bond acceptors (Lipinski definition) is 3. The molecule has 0 saturated carbocycles. The Hall–Kier alpha value is -0.900. The van der Waals surface area contributed by atoms with Crippen molar-refractivity contribution in [2.75, 3.05) is 19.8 Å². The van der Waals surface area contributed by atoms with Gasteiger partial charge >= 0.3 is 0 Å². The first-order chi connectivity index (χ1) is 6.75. The molecule has 0 spiro atoms. The highest BCUT2D eigenvalue weighted by atomic mass is 35.5. The summed E-state index contributed by atoms with van der Waals surface area (Å²) in [4.78, 5) is 11.5. The average molecular weight is 214 g/mol. The zero-order valence-corrected chi connectivity index (χ0v) is 8.46. The molecular formula is C10H12ClNO2. The zero-order chi connectivity index (χ0) is 10.4. The van der Waals surface area contributed by atoms with Crippen molar-refractivity contribution in [2.45, 2.75) is 0 Å². The van der Waals surface area contributed by atoms with Crippen LogP contribution in [0.1, 0.15) is 10.4 Å². The molecule has 0 fully saturated rings. The summed E-state index contributed by atoms with van der Waals surface area (Å²) in [7, 11) is 0. The quantitative estimate of drug-likeness (QED) is 0.596. The van der Waals surface area contributed by atoms with E-state index in [4.69, 9.17) is 22.1 Å². The lowest BCUT2D eigenvalue weighted by molar-refractivity contribution is 0.0774. The van der Waals surface area contributed by atoms with Crippen molar-refractivity contribution < 1.29 is 9.53 Å². The number of benzene rings is 1. The minimum atomic E-state index is -0.121. The van der Waals surface area contributed by atoms with Gasteiger partial charge in [0.15, 0.2) is 5.78 Å². The molecule has 3 nitrogen and oxygen atoms in total. The number of carbonyl (C=O) groups excluding carboxylic acids is 1. The van der Waals surface area contributed by atoms with Gasteiger partial charge in [-0.3, -0.25) is 4.79 Å². The normalized spacial score (nSPS) is 10.1. The highest BCUT2D eigenvalue weighted by molar-refractivity contribution is 6.34. The van der Waals surface area contributed by atoms with Gasteiger partial charge in [-0.05, 0) is 12.1 Å². The lowest BCUT2D eigenvalue weighted by Crippen LogP contribution is -2.14. The van der Waals surface area contributed by atoms with E-state index < -0.39 is 0 Å². The number of ether oxygens (including phenoxy) is 1. The third kappa shape index (κ3) is 3.10. The van der Waals surface area contributed by atoms with E-state index in [1.807, 2.05) is 0 Å². The third-order valence-electron chi connectivity index (χ3n) is 1.67. The van der Waals surface area contributed by atoms with E-state index in [-0.39, 0.29) is 12.4 Å². The Balaban J connectivity index is 2.56. The van der Waals surface area contributed by atoms with Crippen LogP contribution in [0.25, 0.3) is 0 Å². The van der Waals surface area contributed by atoms with Crippen LogP contribution in [-0.2, 0) is 4.74 Å². The number of halogens is 1. The molecule has 14 heavy (non-hydrogen) atoms. The van der Waals surface area contributed by atoms with Crippen molar-refractivity contribution in [1.82, 2.24) is 0 Å². The molecule has 0 heterocycles. The molecule has 0 radical (unpaired) electrons. The molecule has 1 aromatic rings. The van der Waals surface area contributed by atoms with E-state index in [9.17, 15) is 4.79 Å². The van der Waals surface area contributed by atoms with E-state index in [2.05, 4.69) is 0 Å². The van der Waals surface area contributed by atoms with Gasteiger partial charge in [-0.25, -0.2) is 0 Å². The van der Waals surface area contributed by atoms with Crippen LogP contribution in [0.4, 0.5) is 0 Å². The van der Waals surface area contributed by atoms with Gasteiger partial charge in [0, 0.05) is 12.1 Å². The van der Waals surface area contributed by atoms with Gasteiger partial charge in [-0.2, -0.15) is 0 Å². The number of carbonyl (C=O) groups is 1. The smallest absolute Gasteiger partial charge is 0.189 e. The Morgan fingerprint density at radius 3 is 2.79 bits per heavy atom. The number of nitrogens with two attached hydrogens (primary N) is 1. The molecule has 0 atom stereocenters. The maximum Gasteiger partial charge on any atom is 0.189 e. The van der Waals surface area contributed by atoms with Crippen LogP contribution in [0.2, 0.25) is 5.02 Å². The lowest BCUT2D eigenvalue weighted by Gasteiger charge is -2.03. The first-order valence-corrected chi connectivity index (χ1v) is 4.69. The lowest BCUT2D eigenvalue weighted by atomic mass is 10.1. The third-order valence-corrected chi connectivity index (χ3v) is 2.00. The van der Waals surface area contributed by atoms with Gasteiger partial charge in [-0.15, -0.1) is 0 Å². The van der Waals surface area contributed by atoms with Crippen molar-refractivity contribution in [3.05, 3.63) is 34.9 Å². The zero-order valence-electron chi connectivity index (χ0n) is 7.70. The minimum Gasteiger partial charge on any atom is -0.372 e. The van der Waals surface area contributed by atoms with Crippen molar-refractivity contribution in [2.24, 2.45) is 5.73 Å². The first kappa shape index (κ1) is 11.2. The monoisotopic (exact) mass is 213 g/mol. The average Bonchev–Trinajstić information content (AvgIpc) is 2.18. The summed E-state index contributed by atoms with van der Waals surface area (Å²) in [5, 5.41) is 0.453. The molecule has 4 heteroatoms. The molecule has 1 aromatic carbocycles. The van der Waals surface area contributed by atoms with Crippen LogP contribution in [0, 0.1) is 0 Å². The van der Waals surface area contributed by atoms with Crippen LogP contribution in [0.15, 0.2) is 24.3 Å². The van der Waals surface area contributed by atoms with Crippen molar-refractivity contribution in [3.63, 3.8) is 0 Å². The van der Waals surface area contributed by atoms with Gasteiger partial charge in [0.25, 0.3) is 0 Å². The second-order valence-corrected chi connectivity index (χ2v) is 3.15. The van der Waals surface area contributed by atoms with E-state index in [0.717, 1.165) is 0 Å². The van der Waals surface area contributed by atoms with Crippen molar-refractivity contribution >= 4 is 17.4 Å². The summed E-state index contributed by atoms with van der Waals surface area (Å²) < 4.78 is 5.02.